The summed E-state index contributed by atoms with van der Waals surface area (Å²) in [7, 11) is 0. The molecule has 2 heterocycles. The molecule has 2 rings (SSSR count). The van der Waals surface area contributed by atoms with Crippen LogP contribution in [0.2, 0.25) is 0 Å². The van der Waals surface area contributed by atoms with E-state index in [1.807, 2.05) is 0 Å². The van der Waals surface area contributed by atoms with Gasteiger partial charge in [-0.25, -0.2) is 4.39 Å². The maximum atomic E-state index is 14.0. The van der Waals surface area contributed by atoms with Crippen molar-refractivity contribution >= 4 is 0 Å². The minimum absolute atomic E-state index is 0.102. The number of nitrogens with zero attached hydrogens (tertiary/aromatic N) is 2. The van der Waals surface area contributed by atoms with E-state index in [2.05, 4.69) is 9.88 Å². The minimum Gasteiger partial charge on any atom is -0.487 e. The first-order valence-electron chi connectivity index (χ1n) is 7.09. The van der Waals surface area contributed by atoms with Gasteiger partial charge >= 0.3 is 0 Å². The Bertz CT molecular complexity index is 466. The highest BCUT2D eigenvalue weighted by Crippen LogP contribution is 2.28. The van der Waals surface area contributed by atoms with E-state index in [-0.39, 0.29) is 11.4 Å². The Kier molecular flexibility index (Phi) is 4.58. The number of hydrogen-bond acceptors (Lipinski definition) is 3. The zero-order chi connectivity index (χ0) is 14.8. The molecule has 1 aromatic rings. The van der Waals surface area contributed by atoms with E-state index in [4.69, 9.17) is 4.74 Å². The van der Waals surface area contributed by atoms with E-state index in [9.17, 15) is 8.78 Å². The van der Waals surface area contributed by atoms with Crippen molar-refractivity contribution in [2.24, 2.45) is 0 Å². The fourth-order valence-corrected chi connectivity index (χ4v) is 2.36. The molecule has 1 aliphatic heterocycles. The van der Waals surface area contributed by atoms with Gasteiger partial charge in [-0.05, 0) is 25.9 Å². The van der Waals surface area contributed by atoms with Gasteiger partial charge in [0, 0.05) is 12.0 Å². The first-order valence-corrected chi connectivity index (χ1v) is 7.09. The summed E-state index contributed by atoms with van der Waals surface area (Å²) >= 11 is 0. The molecule has 0 spiro atoms. The number of rotatable bonds is 4. The third-order valence-corrected chi connectivity index (χ3v) is 3.50. The molecular weight excluding hydrogens is 262 g/mol. The number of pyridine rings is 1. The van der Waals surface area contributed by atoms with E-state index >= 15 is 0 Å². The van der Waals surface area contributed by atoms with Gasteiger partial charge < -0.3 is 4.74 Å². The number of hydrogen-bond donors (Lipinski definition) is 0. The number of halogens is 2. The van der Waals surface area contributed by atoms with Crippen LogP contribution in [0.25, 0.3) is 0 Å². The second kappa shape index (κ2) is 6.04. The van der Waals surface area contributed by atoms with Crippen molar-refractivity contribution in [3.63, 3.8) is 0 Å². The van der Waals surface area contributed by atoms with Gasteiger partial charge in [0.1, 0.15) is 6.61 Å². The number of likely N-dealkylation sites (tertiary alicyclic amines) is 1. The zero-order valence-electron chi connectivity index (χ0n) is 12.4. The maximum absolute atomic E-state index is 14.0. The quantitative estimate of drug-likeness (QED) is 0.849. The lowest BCUT2D eigenvalue weighted by Gasteiger charge is -2.20. The summed E-state index contributed by atoms with van der Waals surface area (Å²) in [6.45, 7) is 8.60. The highest BCUT2D eigenvalue weighted by atomic mass is 19.2. The normalized spacial score (nSPS) is 16.6. The predicted molar refractivity (Wildman–Crippen MR) is 74.0 cm³/mol. The second-order valence-electron chi connectivity index (χ2n) is 6.25. The molecule has 0 atom stereocenters. The third kappa shape index (κ3) is 3.45. The molecule has 1 fully saturated rings. The topological polar surface area (TPSA) is 25.4 Å². The lowest BCUT2D eigenvalue weighted by molar-refractivity contribution is 0.227. The van der Waals surface area contributed by atoms with E-state index in [0.29, 0.717) is 6.61 Å². The summed E-state index contributed by atoms with van der Waals surface area (Å²) in [6.07, 6.45) is 3.68. The molecule has 20 heavy (non-hydrogen) atoms. The van der Waals surface area contributed by atoms with Crippen molar-refractivity contribution in [1.29, 1.82) is 0 Å². The molecule has 112 valence electrons. The molecule has 1 saturated heterocycles. The Morgan fingerprint density at radius 3 is 2.45 bits per heavy atom. The molecule has 0 N–H and O–H groups in total. The van der Waals surface area contributed by atoms with Gasteiger partial charge in [-0.1, -0.05) is 20.8 Å². The van der Waals surface area contributed by atoms with Gasteiger partial charge in [-0.15, -0.1) is 0 Å². The van der Waals surface area contributed by atoms with Gasteiger partial charge in [0.15, 0.2) is 11.6 Å². The van der Waals surface area contributed by atoms with E-state index in [0.717, 1.165) is 19.6 Å². The van der Waals surface area contributed by atoms with Crippen LogP contribution in [0.1, 0.15) is 39.3 Å². The highest BCUT2D eigenvalue weighted by Gasteiger charge is 2.25. The molecule has 0 radical (unpaired) electrons. The zero-order valence-corrected chi connectivity index (χ0v) is 12.4. The molecule has 0 amide bonds. The minimum atomic E-state index is -0.939. The third-order valence-electron chi connectivity index (χ3n) is 3.50. The fraction of sp³-hybridized carbons (Fsp3) is 0.667. The predicted octanol–water partition coefficient (Wildman–Crippen LogP) is 3.13. The molecule has 3 nitrogen and oxygen atoms in total. The Morgan fingerprint density at radius 2 is 1.85 bits per heavy atom. The summed E-state index contributed by atoms with van der Waals surface area (Å²) in [6, 6.07) is 0. The molecule has 0 saturated carbocycles. The van der Waals surface area contributed by atoms with Crippen LogP contribution < -0.4 is 4.74 Å². The van der Waals surface area contributed by atoms with Gasteiger partial charge in [0.25, 0.3) is 0 Å². The van der Waals surface area contributed by atoms with Crippen LogP contribution in [0.4, 0.5) is 8.78 Å². The lowest BCUT2D eigenvalue weighted by Crippen LogP contribution is -2.25. The smallest absolute Gasteiger partial charge is 0.204 e. The van der Waals surface area contributed by atoms with Crippen molar-refractivity contribution in [3.05, 3.63) is 23.5 Å². The molecule has 1 aromatic heterocycles. The average Bonchev–Trinajstić information content (AvgIpc) is 2.86. The first kappa shape index (κ1) is 15.2. The Labute approximate surface area is 118 Å². The Hall–Kier alpha value is -1.23. The van der Waals surface area contributed by atoms with E-state index in [1.54, 1.807) is 20.8 Å². The standard InChI is InChI=1S/C15H22F2N2O/c1-15(2,3)14-13(17)12(16)11(10-18-14)20-9-8-19-6-4-5-7-19/h10H,4-9H2,1-3H3. The Balaban J connectivity index is 2.00. The lowest BCUT2D eigenvalue weighted by atomic mass is 9.91. The first-order chi connectivity index (χ1) is 9.39. The van der Waals surface area contributed by atoms with Gasteiger partial charge in [0.05, 0.1) is 11.9 Å². The van der Waals surface area contributed by atoms with Crippen molar-refractivity contribution in [1.82, 2.24) is 9.88 Å². The maximum Gasteiger partial charge on any atom is 0.204 e. The molecule has 0 aliphatic carbocycles. The van der Waals surface area contributed by atoms with Crippen LogP contribution in [0, 0.1) is 11.6 Å². The van der Waals surface area contributed by atoms with E-state index < -0.39 is 17.0 Å². The highest BCUT2D eigenvalue weighted by molar-refractivity contribution is 5.27. The van der Waals surface area contributed by atoms with Gasteiger partial charge in [-0.3, -0.25) is 9.88 Å². The van der Waals surface area contributed by atoms with Crippen LogP contribution in [-0.4, -0.2) is 36.1 Å². The van der Waals surface area contributed by atoms with Crippen LogP contribution in [0.5, 0.6) is 5.75 Å². The number of aromatic nitrogens is 1. The SMILES string of the molecule is CC(C)(C)c1ncc(OCCN2CCCC2)c(F)c1F. The van der Waals surface area contributed by atoms with Crippen LogP contribution in [-0.2, 0) is 5.41 Å². The van der Waals surface area contributed by atoms with E-state index in [1.165, 1.54) is 19.0 Å². The largest absolute Gasteiger partial charge is 0.487 e. The summed E-state index contributed by atoms with van der Waals surface area (Å²) < 4.78 is 33.2. The van der Waals surface area contributed by atoms with Crippen molar-refractivity contribution in [3.8, 4) is 5.75 Å². The van der Waals surface area contributed by atoms with Crippen molar-refractivity contribution < 1.29 is 13.5 Å². The van der Waals surface area contributed by atoms with Gasteiger partial charge in [-0.2, -0.15) is 4.39 Å². The summed E-state index contributed by atoms with van der Waals surface area (Å²) in [4.78, 5) is 6.26. The molecule has 5 heteroatoms. The molecular formula is C15H22F2N2O. The molecule has 0 unspecified atom stereocenters. The van der Waals surface area contributed by atoms with Gasteiger partial charge in [0.2, 0.25) is 5.82 Å². The Morgan fingerprint density at radius 1 is 1.20 bits per heavy atom. The molecule has 0 aromatic carbocycles. The fourth-order valence-electron chi connectivity index (χ4n) is 2.36. The van der Waals surface area contributed by atoms with Crippen molar-refractivity contribution in [2.45, 2.75) is 39.0 Å². The van der Waals surface area contributed by atoms with Crippen LogP contribution in [0.3, 0.4) is 0 Å². The van der Waals surface area contributed by atoms with Crippen LogP contribution >= 0.6 is 0 Å². The second-order valence-corrected chi connectivity index (χ2v) is 6.25. The van der Waals surface area contributed by atoms with Crippen LogP contribution in [0.15, 0.2) is 6.20 Å². The molecule has 0 bridgehead atoms. The summed E-state index contributed by atoms with van der Waals surface area (Å²) in [5.74, 6) is -1.95. The molecule has 1 aliphatic rings. The monoisotopic (exact) mass is 284 g/mol. The number of ether oxygens (including phenoxy) is 1. The van der Waals surface area contributed by atoms with Crippen molar-refractivity contribution in [2.75, 3.05) is 26.2 Å². The summed E-state index contributed by atoms with van der Waals surface area (Å²) in [5.41, 5.74) is -0.402. The summed E-state index contributed by atoms with van der Waals surface area (Å²) in [5, 5.41) is 0. The average molecular weight is 284 g/mol.